The van der Waals surface area contributed by atoms with Crippen molar-refractivity contribution in [2.24, 2.45) is 0 Å². The van der Waals surface area contributed by atoms with Gasteiger partial charge in [-0.1, -0.05) is 296 Å². The number of carbonyl (C=O) groups is 3. The van der Waals surface area contributed by atoms with Gasteiger partial charge in [-0.2, -0.15) is 0 Å². The molecule has 0 aliphatic rings. The summed E-state index contributed by atoms with van der Waals surface area (Å²) in [6, 6.07) is 0. The minimum Gasteiger partial charge on any atom is -0.462 e. The lowest BCUT2D eigenvalue weighted by Crippen LogP contribution is -2.30. The van der Waals surface area contributed by atoms with E-state index in [1.165, 1.54) is 154 Å². The monoisotopic (exact) mass is 1090 g/mol. The smallest absolute Gasteiger partial charge is 0.310 e. The first kappa shape index (κ1) is 74.8. The number of unbranched alkanes of at least 4 members (excludes halogenated alkanes) is 29. The molecule has 0 heterocycles. The fourth-order valence-corrected chi connectivity index (χ4v) is 9.09. The summed E-state index contributed by atoms with van der Waals surface area (Å²) in [5.74, 6) is -1.05. The van der Waals surface area contributed by atoms with E-state index in [2.05, 4.69) is 130 Å². The summed E-state index contributed by atoms with van der Waals surface area (Å²) in [6.45, 7) is 6.34. The van der Waals surface area contributed by atoms with Crippen LogP contribution in [-0.4, -0.2) is 37.2 Å². The molecule has 0 spiro atoms. The average molecular weight is 1100 g/mol. The van der Waals surface area contributed by atoms with Crippen molar-refractivity contribution in [1.82, 2.24) is 0 Å². The molecule has 6 nitrogen and oxygen atoms in total. The van der Waals surface area contributed by atoms with E-state index in [4.69, 9.17) is 14.2 Å². The van der Waals surface area contributed by atoms with E-state index in [-0.39, 0.29) is 31.6 Å². The second-order valence-electron chi connectivity index (χ2n) is 21.6. The molecule has 0 aromatic heterocycles. The maximum atomic E-state index is 12.8. The Morgan fingerprint density at radius 1 is 0.278 bits per heavy atom. The molecule has 450 valence electrons. The molecule has 0 saturated heterocycles. The summed E-state index contributed by atoms with van der Waals surface area (Å²) in [6.07, 6.45) is 92.5. The molecule has 0 radical (unpaired) electrons. The van der Waals surface area contributed by atoms with E-state index in [1.807, 2.05) is 6.08 Å². The van der Waals surface area contributed by atoms with Crippen LogP contribution in [0.5, 0.6) is 0 Å². The van der Waals surface area contributed by atoms with Crippen molar-refractivity contribution in [2.75, 3.05) is 13.2 Å². The third-order valence-electron chi connectivity index (χ3n) is 14.0. The van der Waals surface area contributed by atoms with Crippen LogP contribution in [0.2, 0.25) is 0 Å². The summed E-state index contributed by atoms with van der Waals surface area (Å²) in [5, 5.41) is 0. The molecule has 0 aliphatic carbocycles. The van der Waals surface area contributed by atoms with Crippen LogP contribution < -0.4 is 0 Å². The molecule has 6 heteroatoms. The number of esters is 3. The highest BCUT2D eigenvalue weighted by molar-refractivity contribution is 5.72. The zero-order valence-corrected chi connectivity index (χ0v) is 51.6. The molecule has 0 aromatic carbocycles. The summed E-state index contributed by atoms with van der Waals surface area (Å²) in [7, 11) is 0. The van der Waals surface area contributed by atoms with Crippen molar-refractivity contribution in [3.05, 3.63) is 122 Å². The van der Waals surface area contributed by atoms with Crippen molar-refractivity contribution < 1.29 is 28.6 Å². The number of carbonyl (C=O) groups excluding carboxylic acids is 3. The summed E-state index contributed by atoms with van der Waals surface area (Å²) < 4.78 is 16.8. The van der Waals surface area contributed by atoms with Gasteiger partial charge in [0, 0.05) is 12.8 Å². The van der Waals surface area contributed by atoms with Gasteiger partial charge in [0.05, 0.1) is 6.42 Å². The van der Waals surface area contributed by atoms with Crippen molar-refractivity contribution in [3.8, 4) is 0 Å². The Hall–Kier alpha value is -4.19. The van der Waals surface area contributed by atoms with Gasteiger partial charge in [-0.15, -0.1) is 0 Å². The lowest BCUT2D eigenvalue weighted by Gasteiger charge is -2.18. The Labute approximate surface area is 488 Å². The Morgan fingerprint density at radius 3 is 0.848 bits per heavy atom. The second kappa shape index (κ2) is 66.3. The maximum Gasteiger partial charge on any atom is 0.310 e. The van der Waals surface area contributed by atoms with E-state index in [9.17, 15) is 14.4 Å². The molecule has 1 unspecified atom stereocenters. The Kier molecular flexibility index (Phi) is 62.8. The highest BCUT2D eigenvalue weighted by atomic mass is 16.6. The third kappa shape index (κ3) is 64.5. The number of ether oxygens (including phenoxy) is 3. The van der Waals surface area contributed by atoms with Crippen LogP contribution in [0, 0.1) is 0 Å². The van der Waals surface area contributed by atoms with E-state index >= 15 is 0 Å². The van der Waals surface area contributed by atoms with Crippen molar-refractivity contribution in [2.45, 2.75) is 309 Å². The van der Waals surface area contributed by atoms with E-state index in [0.29, 0.717) is 12.8 Å². The first-order chi connectivity index (χ1) is 39.0. The van der Waals surface area contributed by atoms with Crippen molar-refractivity contribution >= 4 is 17.9 Å². The largest absolute Gasteiger partial charge is 0.462 e. The van der Waals surface area contributed by atoms with Crippen molar-refractivity contribution in [1.29, 1.82) is 0 Å². The van der Waals surface area contributed by atoms with Gasteiger partial charge in [0.25, 0.3) is 0 Å². The van der Waals surface area contributed by atoms with E-state index in [1.54, 1.807) is 6.08 Å². The van der Waals surface area contributed by atoms with Crippen LogP contribution in [0.1, 0.15) is 303 Å². The standard InChI is InChI=1S/C73H122O6/c1-4-7-10-13-16-19-22-25-28-29-30-31-32-33-34-35-36-37-38-39-40-41-42-43-46-48-51-54-57-60-63-66-72(75)78-69-70(79-73(76)67-64-61-58-55-52-49-45-27-24-21-18-15-12-9-6-3)68-77-71(74)65-62-59-56-53-50-47-44-26-23-20-17-14-11-8-5-2/h7,9-10,12,16,18-19,21,25-28,30-31,44-45,52,55,61,64,70H,4-6,8,11,13-15,17,20,22-24,29,32-43,46-51,53-54,56-60,62-63,65-69H2,1-3H3/b10-7-,12-9-,19-16-,21-18-,28-25-,31-30-,44-26-,45-27-,55-52-,64-61-. The van der Waals surface area contributed by atoms with E-state index in [0.717, 1.165) is 109 Å². The minimum atomic E-state index is -0.837. The Balaban J connectivity index is 4.27. The molecule has 0 fully saturated rings. The molecule has 0 saturated carbocycles. The van der Waals surface area contributed by atoms with Gasteiger partial charge in [-0.05, 0) is 109 Å². The van der Waals surface area contributed by atoms with Gasteiger partial charge >= 0.3 is 17.9 Å². The fraction of sp³-hybridized carbons (Fsp3) is 0.685. The minimum absolute atomic E-state index is 0.0939. The molecule has 0 rings (SSSR count). The van der Waals surface area contributed by atoms with Crippen LogP contribution >= 0.6 is 0 Å². The molecular weight excluding hydrogens is 973 g/mol. The average Bonchev–Trinajstić information content (AvgIpc) is 3.45. The summed E-state index contributed by atoms with van der Waals surface area (Å²) in [5.41, 5.74) is 0. The molecule has 1 atom stereocenters. The molecule has 0 amide bonds. The van der Waals surface area contributed by atoms with Crippen LogP contribution in [0.15, 0.2) is 122 Å². The zero-order valence-electron chi connectivity index (χ0n) is 51.6. The highest BCUT2D eigenvalue weighted by Gasteiger charge is 2.19. The molecule has 0 N–H and O–H groups in total. The van der Waals surface area contributed by atoms with Crippen LogP contribution in [0.4, 0.5) is 0 Å². The lowest BCUT2D eigenvalue weighted by atomic mass is 10.0. The van der Waals surface area contributed by atoms with Gasteiger partial charge in [0.1, 0.15) is 13.2 Å². The first-order valence-corrected chi connectivity index (χ1v) is 33.0. The summed E-state index contributed by atoms with van der Waals surface area (Å²) in [4.78, 5) is 38.2. The zero-order chi connectivity index (χ0) is 57.1. The SMILES string of the molecule is CC/C=C\C/C=C\C/C=C\C/C=C\C/C=C\CC(=O)OC(COC(=O)CCCCCCC/C=C\CCCCCCCC)COC(=O)CCCCCCCCCCCCCCCCCCCC/C=C\C/C=C\C/C=C\C/C=C\CC. The molecule has 0 aromatic rings. The maximum absolute atomic E-state index is 12.8. The normalized spacial score (nSPS) is 12.9. The van der Waals surface area contributed by atoms with Gasteiger partial charge < -0.3 is 14.2 Å². The molecule has 0 bridgehead atoms. The van der Waals surface area contributed by atoms with Crippen LogP contribution in [0.3, 0.4) is 0 Å². The fourth-order valence-electron chi connectivity index (χ4n) is 9.09. The van der Waals surface area contributed by atoms with Gasteiger partial charge in [-0.25, -0.2) is 0 Å². The third-order valence-corrected chi connectivity index (χ3v) is 14.0. The van der Waals surface area contributed by atoms with Gasteiger partial charge in [-0.3, -0.25) is 14.4 Å². The molecule has 79 heavy (non-hydrogen) atoms. The quantitative estimate of drug-likeness (QED) is 0.0261. The van der Waals surface area contributed by atoms with Gasteiger partial charge in [0.2, 0.25) is 0 Å². The highest BCUT2D eigenvalue weighted by Crippen LogP contribution is 2.16. The summed E-state index contributed by atoms with van der Waals surface area (Å²) >= 11 is 0. The topological polar surface area (TPSA) is 78.9 Å². The molecule has 0 aliphatic heterocycles. The number of rotatable bonds is 59. The van der Waals surface area contributed by atoms with Crippen LogP contribution in [-0.2, 0) is 28.6 Å². The predicted octanol–water partition coefficient (Wildman–Crippen LogP) is 22.8. The van der Waals surface area contributed by atoms with E-state index < -0.39 is 12.1 Å². The Bertz CT molecular complexity index is 1640. The second-order valence-corrected chi connectivity index (χ2v) is 21.6. The number of hydrogen-bond acceptors (Lipinski definition) is 6. The first-order valence-electron chi connectivity index (χ1n) is 33.0. The van der Waals surface area contributed by atoms with Crippen LogP contribution in [0.25, 0.3) is 0 Å². The van der Waals surface area contributed by atoms with Gasteiger partial charge in [0.15, 0.2) is 6.10 Å². The number of hydrogen-bond donors (Lipinski definition) is 0. The lowest BCUT2D eigenvalue weighted by molar-refractivity contribution is -0.166. The predicted molar refractivity (Wildman–Crippen MR) is 343 cm³/mol. The number of allylic oxidation sites excluding steroid dienone is 19. The molecular formula is C73H122O6. The van der Waals surface area contributed by atoms with Crippen molar-refractivity contribution in [3.63, 3.8) is 0 Å². The Morgan fingerprint density at radius 2 is 0.532 bits per heavy atom.